The summed E-state index contributed by atoms with van der Waals surface area (Å²) >= 11 is 0. The number of guanidine groups is 1. The molecule has 1 aliphatic rings. The van der Waals surface area contributed by atoms with Gasteiger partial charge in [0, 0.05) is 39.6 Å². The molecule has 0 aromatic rings. The van der Waals surface area contributed by atoms with E-state index in [4.69, 9.17) is 4.74 Å². The van der Waals surface area contributed by atoms with Gasteiger partial charge in [-0.25, -0.2) is 0 Å². The Morgan fingerprint density at radius 1 is 1.22 bits per heavy atom. The molecule has 0 unspecified atom stereocenters. The summed E-state index contributed by atoms with van der Waals surface area (Å²) in [5.41, 5.74) is 0. The summed E-state index contributed by atoms with van der Waals surface area (Å²) in [5, 5.41) is 6.05. The van der Waals surface area contributed by atoms with Crippen LogP contribution in [0, 0.1) is 5.92 Å². The third-order valence-corrected chi connectivity index (χ3v) is 3.75. The first-order valence-electron chi connectivity index (χ1n) is 7.92. The molecular formula is C15H29IN4O3. The summed E-state index contributed by atoms with van der Waals surface area (Å²) in [4.78, 5) is 29.4. The van der Waals surface area contributed by atoms with E-state index in [0.29, 0.717) is 19.5 Å². The molecule has 2 N–H and O–H groups in total. The second-order valence-electron chi connectivity index (χ2n) is 5.36. The zero-order chi connectivity index (χ0) is 16.4. The average Bonchev–Trinajstić information content (AvgIpc) is 2.56. The Balaban J connectivity index is 0.00000484. The molecule has 0 saturated carbocycles. The maximum absolute atomic E-state index is 11.5. The van der Waals surface area contributed by atoms with E-state index in [1.54, 1.807) is 7.05 Å². The molecule has 1 rings (SSSR count). The molecule has 1 saturated heterocycles. The Bertz CT molecular complexity index is 396. The number of hydrogen-bond acceptors (Lipinski definition) is 4. The zero-order valence-corrected chi connectivity index (χ0v) is 16.6. The molecule has 0 bridgehead atoms. The van der Waals surface area contributed by atoms with Gasteiger partial charge in [0.15, 0.2) is 5.96 Å². The number of amides is 1. The van der Waals surface area contributed by atoms with Crippen LogP contribution < -0.4 is 10.6 Å². The first-order valence-corrected chi connectivity index (χ1v) is 7.92. The maximum Gasteiger partial charge on any atom is 0.308 e. The second-order valence-corrected chi connectivity index (χ2v) is 5.36. The predicted molar refractivity (Wildman–Crippen MR) is 101 cm³/mol. The predicted octanol–water partition coefficient (Wildman–Crippen LogP) is 0.981. The Morgan fingerprint density at radius 2 is 1.87 bits per heavy atom. The van der Waals surface area contributed by atoms with Crippen LogP contribution in [0.5, 0.6) is 0 Å². The molecule has 0 aromatic heterocycles. The summed E-state index contributed by atoms with van der Waals surface area (Å²) in [7, 11) is 3.16. The third-order valence-electron chi connectivity index (χ3n) is 3.75. The topological polar surface area (TPSA) is 83.0 Å². The molecule has 7 nitrogen and oxygen atoms in total. The van der Waals surface area contributed by atoms with Crippen LogP contribution in [0.25, 0.3) is 0 Å². The van der Waals surface area contributed by atoms with Crippen molar-refractivity contribution in [2.75, 3.05) is 40.3 Å². The Morgan fingerprint density at radius 3 is 2.39 bits per heavy atom. The van der Waals surface area contributed by atoms with Gasteiger partial charge in [0.25, 0.3) is 0 Å². The van der Waals surface area contributed by atoms with Gasteiger partial charge >= 0.3 is 5.97 Å². The quantitative estimate of drug-likeness (QED) is 0.279. The lowest BCUT2D eigenvalue weighted by molar-refractivity contribution is -0.146. The number of halogens is 1. The fraction of sp³-hybridized carbons (Fsp3) is 0.800. The Labute approximate surface area is 155 Å². The summed E-state index contributed by atoms with van der Waals surface area (Å²) in [6, 6.07) is 0. The lowest BCUT2D eigenvalue weighted by atomic mass is 9.97. The number of aliphatic imine (C=N–C) groups is 1. The van der Waals surface area contributed by atoms with Crippen molar-refractivity contribution in [3.8, 4) is 0 Å². The number of rotatable bonds is 6. The van der Waals surface area contributed by atoms with E-state index < -0.39 is 0 Å². The van der Waals surface area contributed by atoms with Crippen LogP contribution in [-0.2, 0) is 14.3 Å². The molecule has 8 heteroatoms. The van der Waals surface area contributed by atoms with Crippen LogP contribution in [0.3, 0.4) is 0 Å². The lowest BCUT2D eigenvalue weighted by Gasteiger charge is -2.33. The fourth-order valence-corrected chi connectivity index (χ4v) is 2.47. The van der Waals surface area contributed by atoms with Crippen molar-refractivity contribution in [2.45, 2.75) is 32.6 Å². The average molecular weight is 440 g/mol. The lowest BCUT2D eigenvalue weighted by Crippen LogP contribution is -2.47. The van der Waals surface area contributed by atoms with E-state index in [1.165, 1.54) is 7.11 Å². The molecule has 0 spiro atoms. The highest BCUT2D eigenvalue weighted by Crippen LogP contribution is 2.18. The molecule has 23 heavy (non-hydrogen) atoms. The molecule has 0 atom stereocenters. The molecule has 1 amide bonds. The van der Waals surface area contributed by atoms with Crippen LogP contribution in [-0.4, -0.2) is 63.1 Å². The number of ether oxygens (including phenoxy) is 1. The molecule has 1 fully saturated rings. The number of esters is 1. The van der Waals surface area contributed by atoms with E-state index in [9.17, 15) is 9.59 Å². The van der Waals surface area contributed by atoms with Gasteiger partial charge in [-0.05, 0) is 19.3 Å². The van der Waals surface area contributed by atoms with Crippen LogP contribution in [0.1, 0.15) is 32.6 Å². The van der Waals surface area contributed by atoms with Gasteiger partial charge in [-0.3, -0.25) is 14.6 Å². The fourth-order valence-electron chi connectivity index (χ4n) is 2.47. The highest BCUT2D eigenvalue weighted by atomic mass is 127. The van der Waals surface area contributed by atoms with Crippen LogP contribution in [0.2, 0.25) is 0 Å². The van der Waals surface area contributed by atoms with Crippen molar-refractivity contribution < 1.29 is 14.3 Å². The molecule has 1 aliphatic heterocycles. The molecule has 0 radical (unpaired) electrons. The minimum absolute atomic E-state index is 0. The smallest absolute Gasteiger partial charge is 0.308 e. The Kier molecular flexibility index (Phi) is 11.8. The van der Waals surface area contributed by atoms with Gasteiger partial charge in [0.2, 0.25) is 5.91 Å². The molecular weight excluding hydrogens is 411 g/mol. The maximum atomic E-state index is 11.5. The van der Waals surface area contributed by atoms with Gasteiger partial charge in [-0.15, -0.1) is 24.0 Å². The van der Waals surface area contributed by atoms with Crippen LogP contribution >= 0.6 is 24.0 Å². The third kappa shape index (κ3) is 7.85. The number of carbonyl (C=O) groups is 2. The highest BCUT2D eigenvalue weighted by Gasteiger charge is 2.26. The standard InChI is InChI=1S/C15H28N4O3.HI/c1-4-8-17-13(20)5-9-18-15(16-2)19-10-6-12(7-11-19)14(21)22-3;/h12H,4-11H2,1-3H3,(H,16,18)(H,17,20);1H. The van der Waals surface area contributed by atoms with Gasteiger partial charge < -0.3 is 20.3 Å². The van der Waals surface area contributed by atoms with Gasteiger partial charge in [0.1, 0.15) is 0 Å². The first kappa shape index (κ1) is 21.9. The first-order chi connectivity index (χ1) is 10.6. The zero-order valence-electron chi connectivity index (χ0n) is 14.3. The largest absolute Gasteiger partial charge is 0.469 e. The van der Waals surface area contributed by atoms with Crippen molar-refractivity contribution in [1.29, 1.82) is 0 Å². The number of likely N-dealkylation sites (tertiary alicyclic amines) is 1. The van der Waals surface area contributed by atoms with E-state index in [1.807, 2.05) is 6.92 Å². The van der Waals surface area contributed by atoms with Gasteiger partial charge in [-0.1, -0.05) is 6.92 Å². The number of nitrogens with one attached hydrogen (secondary N) is 2. The minimum Gasteiger partial charge on any atom is -0.469 e. The number of piperidine rings is 1. The number of nitrogens with zero attached hydrogens (tertiary/aromatic N) is 2. The number of hydrogen-bond donors (Lipinski definition) is 2. The number of carbonyl (C=O) groups excluding carboxylic acids is 2. The van der Waals surface area contributed by atoms with Crippen molar-refractivity contribution in [3.05, 3.63) is 0 Å². The van der Waals surface area contributed by atoms with Crippen LogP contribution in [0.15, 0.2) is 4.99 Å². The summed E-state index contributed by atoms with van der Waals surface area (Å²) < 4.78 is 4.79. The second kappa shape index (κ2) is 12.4. The van der Waals surface area contributed by atoms with Crippen molar-refractivity contribution in [2.24, 2.45) is 10.9 Å². The van der Waals surface area contributed by atoms with Gasteiger partial charge in [-0.2, -0.15) is 0 Å². The van der Waals surface area contributed by atoms with E-state index in [-0.39, 0.29) is 41.8 Å². The molecule has 1 heterocycles. The van der Waals surface area contributed by atoms with Gasteiger partial charge in [0.05, 0.1) is 13.0 Å². The molecule has 134 valence electrons. The SMILES string of the molecule is CCCNC(=O)CCNC(=NC)N1CCC(C(=O)OC)CC1.I. The highest BCUT2D eigenvalue weighted by molar-refractivity contribution is 14.0. The Hall–Kier alpha value is -1.06. The summed E-state index contributed by atoms with van der Waals surface area (Å²) in [6.07, 6.45) is 2.91. The normalized spacial score (nSPS) is 15.6. The van der Waals surface area contributed by atoms with E-state index in [2.05, 4.69) is 20.5 Å². The summed E-state index contributed by atoms with van der Waals surface area (Å²) in [5.74, 6) is 0.690. The van der Waals surface area contributed by atoms with Crippen molar-refractivity contribution in [3.63, 3.8) is 0 Å². The van der Waals surface area contributed by atoms with Crippen LogP contribution in [0.4, 0.5) is 0 Å². The number of methoxy groups -OCH3 is 1. The minimum atomic E-state index is -0.129. The van der Waals surface area contributed by atoms with Crippen molar-refractivity contribution in [1.82, 2.24) is 15.5 Å². The monoisotopic (exact) mass is 440 g/mol. The van der Waals surface area contributed by atoms with E-state index >= 15 is 0 Å². The van der Waals surface area contributed by atoms with E-state index in [0.717, 1.165) is 38.3 Å². The molecule has 0 aliphatic carbocycles. The molecule has 0 aromatic carbocycles. The van der Waals surface area contributed by atoms with Crippen molar-refractivity contribution >= 4 is 41.8 Å². The summed E-state index contributed by atoms with van der Waals surface area (Å²) in [6.45, 7) is 4.83.